The quantitative estimate of drug-likeness (QED) is 0.624. The van der Waals surface area contributed by atoms with E-state index in [1.54, 1.807) is 11.8 Å². The molecule has 1 fully saturated rings. The fraction of sp³-hybridized carbons (Fsp3) is 0.857. The SMILES string of the molecule is CCC1CSC(C(=O)OC)N1. The summed E-state index contributed by atoms with van der Waals surface area (Å²) in [6, 6.07) is 0.476. The van der Waals surface area contributed by atoms with Crippen LogP contribution in [0.25, 0.3) is 0 Å². The Hall–Kier alpha value is -0.220. The van der Waals surface area contributed by atoms with E-state index in [1.165, 1.54) is 7.11 Å². The van der Waals surface area contributed by atoms with Gasteiger partial charge in [0, 0.05) is 11.8 Å². The minimum Gasteiger partial charge on any atom is -0.467 e. The van der Waals surface area contributed by atoms with Crippen molar-refractivity contribution in [1.29, 1.82) is 0 Å². The van der Waals surface area contributed by atoms with Crippen LogP contribution in [-0.4, -0.2) is 30.2 Å². The molecule has 0 saturated carbocycles. The number of carbonyl (C=O) groups excluding carboxylic acids is 1. The maximum Gasteiger partial charge on any atom is 0.333 e. The van der Waals surface area contributed by atoms with Gasteiger partial charge in [0.05, 0.1) is 7.11 Å². The average Bonchev–Trinajstić information content (AvgIpc) is 2.50. The highest BCUT2D eigenvalue weighted by molar-refractivity contribution is 8.00. The number of hydrogen-bond acceptors (Lipinski definition) is 4. The van der Waals surface area contributed by atoms with Gasteiger partial charge in [-0.25, -0.2) is 4.79 Å². The van der Waals surface area contributed by atoms with Crippen LogP contribution in [0, 0.1) is 0 Å². The molecule has 1 aliphatic heterocycles. The summed E-state index contributed by atoms with van der Waals surface area (Å²) in [5.74, 6) is 0.849. The Balaban J connectivity index is 2.35. The number of esters is 1. The predicted octanol–water partition coefficient (Wildman–Crippen LogP) is 0.600. The van der Waals surface area contributed by atoms with Crippen LogP contribution in [0.15, 0.2) is 0 Å². The first-order chi connectivity index (χ1) is 5.27. The van der Waals surface area contributed by atoms with Gasteiger partial charge in [0.2, 0.25) is 0 Å². The Morgan fingerprint density at radius 1 is 1.82 bits per heavy atom. The molecule has 0 aromatic rings. The summed E-state index contributed by atoms with van der Waals surface area (Å²) in [7, 11) is 1.42. The van der Waals surface area contributed by atoms with Crippen molar-refractivity contribution in [2.75, 3.05) is 12.9 Å². The van der Waals surface area contributed by atoms with Crippen LogP contribution in [0.1, 0.15) is 13.3 Å². The Labute approximate surface area is 70.9 Å². The third-order valence-corrected chi connectivity index (χ3v) is 3.02. The molecular weight excluding hydrogens is 162 g/mol. The van der Waals surface area contributed by atoms with Gasteiger partial charge in [-0.3, -0.25) is 5.32 Å². The molecule has 0 bridgehead atoms. The number of thioether (sulfide) groups is 1. The second kappa shape index (κ2) is 3.97. The number of methoxy groups -OCH3 is 1. The van der Waals surface area contributed by atoms with Crippen LogP contribution in [0.2, 0.25) is 0 Å². The van der Waals surface area contributed by atoms with E-state index in [-0.39, 0.29) is 11.3 Å². The second-order valence-corrected chi connectivity index (χ2v) is 3.65. The van der Waals surface area contributed by atoms with Gasteiger partial charge in [-0.05, 0) is 6.42 Å². The van der Waals surface area contributed by atoms with E-state index in [9.17, 15) is 4.79 Å². The first-order valence-electron chi connectivity index (χ1n) is 3.73. The molecule has 0 radical (unpaired) electrons. The molecule has 1 rings (SSSR count). The number of rotatable bonds is 2. The molecule has 1 heterocycles. The van der Waals surface area contributed by atoms with Crippen LogP contribution >= 0.6 is 11.8 Å². The Kier molecular flexibility index (Phi) is 3.20. The lowest BCUT2D eigenvalue weighted by atomic mass is 10.3. The van der Waals surface area contributed by atoms with Crippen molar-refractivity contribution in [2.45, 2.75) is 24.8 Å². The van der Waals surface area contributed by atoms with Crippen molar-refractivity contribution in [3.8, 4) is 0 Å². The van der Waals surface area contributed by atoms with Gasteiger partial charge >= 0.3 is 5.97 Å². The van der Waals surface area contributed by atoms with Crippen LogP contribution in [-0.2, 0) is 9.53 Å². The van der Waals surface area contributed by atoms with Crippen LogP contribution in [0.3, 0.4) is 0 Å². The van der Waals surface area contributed by atoms with E-state index in [4.69, 9.17) is 0 Å². The van der Waals surface area contributed by atoms with Gasteiger partial charge in [0.15, 0.2) is 5.37 Å². The lowest BCUT2D eigenvalue weighted by molar-refractivity contribution is -0.140. The summed E-state index contributed by atoms with van der Waals surface area (Å²) in [6.07, 6.45) is 1.07. The number of hydrogen-bond donors (Lipinski definition) is 1. The smallest absolute Gasteiger partial charge is 0.333 e. The number of ether oxygens (including phenoxy) is 1. The van der Waals surface area contributed by atoms with Crippen molar-refractivity contribution in [3.63, 3.8) is 0 Å². The Morgan fingerprint density at radius 3 is 3.00 bits per heavy atom. The summed E-state index contributed by atoms with van der Waals surface area (Å²) in [6.45, 7) is 2.11. The van der Waals surface area contributed by atoms with Gasteiger partial charge in [-0.2, -0.15) is 0 Å². The van der Waals surface area contributed by atoms with Crippen LogP contribution < -0.4 is 5.32 Å². The monoisotopic (exact) mass is 175 g/mol. The van der Waals surface area contributed by atoms with Crippen molar-refractivity contribution >= 4 is 17.7 Å². The van der Waals surface area contributed by atoms with E-state index in [0.29, 0.717) is 6.04 Å². The predicted molar refractivity (Wildman–Crippen MR) is 45.5 cm³/mol. The number of carbonyl (C=O) groups is 1. The van der Waals surface area contributed by atoms with Crippen molar-refractivity contribution in [1.82, 2.24) is 5.32 Å². The standard InChI is InChI=1S/C7H13NO2S/c1-3-5-4-11-6(8-5)7(9)10-2/h5-6,8H,3-4H2,1-2H3. The Morgan fingerprint density at radius 2 is 2.55 bits per heavy atom. The molecule has 2 unspecified atom stereocenters. The molecule has 0 aromatic heterocycles. The zero-order valence-electron chi connectivity index (χ0n) is 6.79. The first-order valence-corrected chi connectivity index (χ1v) is 4.78. The molecule has 0 spiro atoms. The van der Waals surface area contributed by atoms with Gasteiger partial charge in [-0.1, -0.05) is 6.92 Å². The molecular formula is C7H13NO2S. The van der Waals surface area contributed by atoms with Gasteiger partial charge in [-0.15, -0.1) is 11.8 Å². The molecule has 1 saturated heterocycles. The lowest BCUT2D eigenvalue weighted by Crippen LogP contribution is -2.35. The zero-order valence-corrected chi connectivity index (χ0v) is 7.61. The number of nitrogens with one attached hydrogen (secondary N) is 1. The molecule has 64 valence electrons. The summed E-state index contributed by atoms with van der Waals surface area (Å²) in [4.78, 5) is 11.0. The highest BCUT2D eigenvalue weighted by Crippen LogP contribution is 2.20. The molecule has 3 nitrogen and oxygen atoms in total. The van der Waals surface area contributed by atoms with E-state index in [2.05, 4.69) is 17.0 Å². The lowest BCUT2D eigenvalue weighted by Gasteiger charge is -2.08. The van der Waals surface area contributed by atoms with E-state index in [0.717, 1.165) is 12.2 Å². The minimum absolute atomic E-state index is 0.134. The molecule has 0 aromatic carbocycles. The second-order valence-electron chi connectivity index (χ2n) is 2.51. The largest absolute Gasteiger partial charge is 0.467 e. The van der Waals surface area contributed by atoms with Crippen molar-refractivity contribution in [2.24, 2.45) is 0 Å². The van der Waals surface area contributed by atoms with Crippen LogP contribution in [0.4, 0.5) is 0 Å². The van der Waals surface area contributed by atoms with E-state index < -0.39 is 0 Å². The molecule has 2 atom stereocenters. The third-order valence-electron chi connectivity index (χ3n) is 1.76. The van der Waals surface area contributed by atoms with Crippen LogP contribution in [0.5, 0.6) is 0 Å². The summed E-state index contributed by atoms with van der Waals surface area (Å²) < 4.78 is 4.60. The van der Waals surface area contributed by atoms with E-state index in [1.807, 2.05) is 0 Å². The average molecular weight is 175 g/mol. The summed E-state index contributed by atoms with van der Waals surface area (Å²) in [5, 5.41) is 3.05. The fourth-order valence-electron chi connectivity index (χ4n) is 1.00. The highest BCUT2D eigenvalue weighted by Gasteiger charge is 2.28. The minimum atomic E-state index is -0.161. The summed E-state index contributed by atoms with van der Waals surface area (Å²) in [5.41, 5.74) is 0. The maximum atomic E-state index is 11.0. The molecule has 1 aliphatic rings. The Bertz CT molecular complexity index is 151. The summed E-state index contributed by atoms with van der Waals surface area (Å²) >= 11 is 1.62. The van der Waals surface area contributed by atoms with Crippen molar-refractivity contribution in [3.05, 3.63) is 0 Å². The zero-order chi connectivity index (χ0) is 8.27. The normalized spacial score (nSPS) is 30.4. The van der Waals surface area contributed by atoms with Gasteiger partial charge < -0.3 is 4.74 Å². The molecule has 1 N–H and O–H groups in total. The maximum absolute atomic E-state index is 11.0. The molecule has 0 aliphatic carbocycles. The molecule has 4 heteroatoms. The van der Waals surface area contributed by atoms with Crippen molar-refractivity contribution < 1.29 is 9.53 Å². The van der Waals surface area contributed by atoms with E-state index >= 15 is 0 Å². The van der Waals surface area contributed by atoms with Gasteiger partial charge in [0.1, 0.15) is 0 Å². The molecule has 0 amide bonds. The third kappa shape index (κ3) is 2.10. The fourth-order valence-corrected chi connectivity index (χ4v) is 2.28. The first kappa shape index (κ1) is 8.87. The molecule has 11 heavy (non-hydrogen) atoms. The topological polar surface area (TPSA) is 38.3 Å². The highest BCUT2D eigenvalue weighted by atomic mass is 32.2. The van der Waals surface area contributed by atoms with Gasteiger partial charge in [0.25, 0.3) is 0 Å².